The summed E-state index contributed by atoms with van der Waals surface area (Å²) in [5.41, 5.74) is 0.522. The zero-order valence-corrected chi connectivity index (χ0v) is 14.2. The molecule has 1 saturated heterocycles. The van der Waals surface area contributed by atoms with Gasteiger partial charge in [0, 0.05) is 18.1 Å². The fourth-order valence-electron chi connectivity index (χ4n) is 2.57. The lowest BCUT2D eigenvalue weighted by atomic mass is 10.1. The molecule has 0 bridgehead atoms. The molecule has 1 unspecified atom stereocenters. The van der Waals surface area contributed by atoms with E-state index in [1.54, 1.807) is 36.1 Å². The van der Waals surface area contributed by atoms with Gasteiger partial charge in [-0.25, -0.2) is 13.1 Å². The fraction of sp³-hybridized carbons (Fsp3) is 0.533. The van der Waals surface area contributed by atoms with Gasteiger partial charge < -0.3 is 4.90 Å². The molecule has 2 rings (SSSR count). The van der Waals surface area contributed by atoms with Gasteiger partial charge in [0.1, 0.15) is 0 Å². The number of nitrogens with zero attached hydrogens (tertiary/aromatic N) is 1. The van der Waals surface area contributed by atoms with Crippen LogP contribution < -0.4 is 4.72 Å². The van der Waals surface area contributed by atoms with E-state index in [2.05, 4.69) is 4.72 Å². The number of sulfonamides is 1. The van der Waals surface area contributed by atoms with Crippen LogP contribution in [0.4, 0.5) is 0 Å². The molecule has 1 fully saturated rings. The summed E-state index contributed by atoms with van der Waals surface area (Å²) in [7, 11) is -3.62. The smallest absolute Gasteiger partial charge is 0.240 e. The first-order chi connectivity index (χ1) is 10.4. The molecule has 1 N–H and O–H groups in total. The topological polar surface area (TPSA) is 66.5 Å². The number of piperidine rings is 1. The zero-order valence-electron chi connectivity index (χ0n) is 12.6. The standard InChI is InChI=1S/C15H21ClN2O3S/c1-12(15(19)18-9-5-2-6-10-18)17-22(20,21)11-13-7-3-4-8-14(13)16/h3-4,7-8,12,17H,2,5-6,9-11H2,1H3. The van der Waals surface area contributed by atoms with E-state index in [-0.39, 0.29) is 11.7 Å². The Labute approximate surface area is 136 Å². The molecule has 0 radical (unpaired) electrons. The quantitative estimate of drug-likeness (QED) is 0.890. The van der Waals surface area contributed by atoms with Crippen molar-refractivity contribution in [1.29, 1.82) is 0 Å². The Morgan fingerprint density at radius 2 is 1.91 bits per heavy atom. The molecule has 1 aliphatic rings. The Morgan fingerprint density at radius 3 is 2.55 bits per heavy atom. The van der Waals surface area contributed by atoms with E-state index in [1.165, 1.54) is 0 Å². The van der Waals surface area contributed by atoms with Crippen LogP contribution >= 0.6 is 11.6 Å². The molecule has 1 atom stereocenters. The lowest BCUT2D eigenvalue weighted by Gasteiger charge is -2.29. The SMILES string of the molecule is CC(NS(=O)(=O)Cc1ccccc1Cl)C(=O)N1CCCCC1. The molecular weight excluding hydrogens is 324 g/mol. The highest BCUT2D eigenvalue weighted by Crippen LogP contribution is 2.17. The number of rotatable bonds is 5. The summed E-state index contributed by atoms with van der Waals surface area (Å²) in [6, 6.07) is 6.03. The van der Waals surface area contributed by atoms with Crippen LogP contribution in [0.1, 0.15) is 31.7 Å². The Hall–Kier alpha value is -1.11. The van der Waals surface area contributed by atoms with Crippen LogP contribution in [0.15, 0.2) is 24.3 Å². The van der Waals surface area contributed by atoms with Gasteiger partial charge in [-0.15, -0.1) is 0 Å². The van der Waals surface area contributed by atoms with Crippen LogP contribution in [0.2, 0.25) is 5.02 Å². The molecule has 0 aliphatic carbocycles. The number of likely N-dealkylation sites (tertiary alicyclic amines) is 1. The number of hydrogen-bond acceptors (Lipinski definition) is 3. The molecule has 5 nitrogen and oxygen atoms in total. The molecule has 1 aromatic rings. The molecule has 1 aromatic carbocycles. The molecule has 1 aliphatic heterocycles. The van der Waals surface area contributed by atoms with Gasteiger partial charge in [0.15, 0.2) is 0 Å². The molecule has 1 heterocycles. The maximum Gasteiger partial charge on any atom is 0.240 e. The second kappa shape index (κ2) is 7.44. The molecule has 7 heteroatoms. The minimum Gasteiger partial charge on any atom is -0.341 e. The van der Waals surface area contributed by atoms with Gasteiger partial charge in [-0.1, -0.05) is 29.8 Å². The second-order valence-electron chi connectivity index (χ2n) is 5.58. The van der Waals surface area contributed by atoms with Gasteiger partial charge >= 0.3 is 0 Å². The van der Waals surface area contributed by atoms with Gasteiger partial charge in [0.2, 0.25) is 15.9 Å². The highest BCUT2D eigenvalue weighted by molar-refractivity contribution is 7.88. The third kappa shape index (κ3) is 4.69. The fourth-order valence-corrected chi connectivity index (χ4v) is 4.24. The molecular formula is C15H21ClN2O3S. The van der Waals surface area contributed by atoms with Crippen LogP contribution in [-0.4, -0.2) is 38.4 Å². The highest BCUT2D eigenvalue weighted by atomic mass is 35.5. The number of hydrogen-bond donors (Lipinski definition) is 1. The van der Waals surface area contributed by atoms with Crippen LogP contribution in [0.25, 0.3) is 0 Å². The minimum atomic E-state index is -3.62. The van der Waals surface area contributed by atoms with Gasteiger partial charge in [-0.3, -0.25) is 4.79 Å². The monoisotopic (exact) mass is 344 g/mol. The predicted octanol–water partition coefficient (Wildman–Crippen LogP) is 2.16. The first kappa shape index (κ1) is 17.2. The van der Waals surface area contributed by atoms with Crippen molar-refractivity contribution in [3.8, 4) is 0 Å². The van der Waals surface area contributed by atoms with Crippen molar-refractivity contribution in [1.82, 2.24) is 9.62 Å². The summed E-state index contributed by atoms with van der Waals surface area (Å²) in [5.74, 6) is -0.396. The maximum absolute atomic E-state index is 12.3. The highest BCUT2D eigenvalue weighted by Gasteiger charge is 2.26. The first-order valence-electron chi connectivity index (χ1n) is 7.41. The van der Waals surface area contributed by atoms with Crippen molar-refractivity contribution >= 4 is 27.5 Å². The number of carbonyl (C=O) groups is 1. The average Bonchev–Trinajstić information content (AvgIpc) is 2.49. The molecule has 0 spiro atoms. The van der Waals surface area contributed by atoms with Crippen molar-refractivity contribution in [2.75, 3.05) is 13.1 Å². The van der Waals surface area contributed by atoms with E-state index in [1.807, 2.05) is 0 Å². The average molecular weight is 345 g/mol. The number of amides is 1. The van der Waals surface area contributed by atoms with Crippen LogP contribution in [0, 0.1) is 0 Å². The van der Waals surface area contributed by atoms with Crippen LogP contribution in [0.5, 0.6) is 0 Å². The molecule has 1 amide bonds. The van der Waals surface area contributed by atoms with Crippen molar-refractivity contribution in [2.24, 2.45) is 0 Å². The molecule has 0 aromatic heterocycles. The Morgan fingerprint density at radius 1 is 1.27 bits per heavy atom. The number of benzene rings is 1. The lowest BCUT2D eigenvalue weighted by Crippen LogP contribution is -2.48. The van der Waals surface area contributed by atoms with Gasteiger partial charge in [-0.05, 0) is 37.8 Å². The third-order valence-corrected chi connectivity index (χ3v) is 5.47. The van der Waals surface area contributed by atoms with Crippen LogP contribution in [0.3, 0.4) is 0 Å². The van der Waals surface area contributed by atoms with E-state index < -0.39 is 16.1 Å². The second-order valence-corrected chi connectivity index (χ2v) is 7.74. The van der Waals surface area contributed by atoms with E-state index >= 15 is 0 Å². The summed E-state index contributed by atoms with van der Waals surface area (Å²) in [4.78, 5) is 14.0. The lowest BCUT2D eigenvalue weighted by molar-refractivity contribution is -0.133. The minimum absolute atomic E-state index is 0.164. The Balaban J connectivity index is 1.98. The predicted molar refractivity (Wildman–Crippen MR) is 87.1 cm³/mol. The van der Waals surface area contributed by atoms with Gasteiger partial charge in [0.05, 0.1) is 11.8 Å². The van der Waals surface area contributed by atoms with Gasteiger partial charge in [0.25, 0.3) is 0 Å². The van der Waals surface area contributed by atoms with E-state index in [0.717, 1.165) is 19.3 Å². The Bertz CT molecular complexity index is 627. The summed E-state index contributed by atoms with van der Waals surface area (Å²) in [6.07, 6.45) is 3.08. The van der Waals surface area contributed by atoms with E-state index in [0.29, 0.717) is 23.7 Å². The molecule has 22 heavy (non-hydrogen) atoms. The molecule has 0 saturated carbocycles. The summed E-state index contributed by atoms with van der Waals surface area (Å²) < 4.78 is 26.9. The number of carbonyl (C=O) groups excluding carboxylic acids is 1. The third-order valence-electron chi connectivity index (χ3n) is 3.70. The van der Waals surface area contributed by atoms with E-state index in [4.69, 9.17) is 11.6 Å². The number of halogens is 1. The van der Waals surface area contributed by atoms with Crippen molar-refractivity contribution < 1.29 is 13.2 Å². The largest absolute Gasteiger partial charge is 0.341 e. The summed E-state index contributed by atoms with van der Waals surface area (Å²) >= 11 is 5.98. The zero-order chi connectivity index (χ0) is 16.2. The van der Waals surface area contributed by atoms with Crippen molar-refractivity contribution in [3.05, 3.63) is 34.9 Å². The maximum atomic E-state index is 12.3. The Kier molecular flexibility index (Phi) is 5.83. The van der Waals surface area contributed by atoms with Crippen molar-refractivity contribution in [2.45, 2.75) is 38.0 Å². The first-order valence-corrected chi connectivity index (χ1v) is 9.44. The molecule has 122 valence electrons. The normalized spacial score (nSPS) is 17.3. The summed E-state index contributed by atoms with van der Waals surface area (Å²) in [5, 5.41) is 0.405. The van der Waals surface area contributed by atoms with Crippen molar-refractivity contribution in [3.63, 3.8) is 0 Å². The van der Waals surface area contributed by atoms with E-state index in [9.17, 15) is 13.2 Å². The summed E-state index contributed by atoms with van der Waals surface area (Å²) in [6.45, 7) is 2.99. The van der Waals surface area contributed by atoms with Gasteiger partial charge in [-0.2, -0.15) is 0 Å². The number of nitrogens with one attached hydrogen (secondary N) is 1. The van der Waals surface area contributed by atoms with Crippen LogP contribution in [-0.2, 0) is 20.6 Å².